The molecule has 0 radical (unpaired) electrons. The van der Waals surface area contributed by atoms with E-state index in [1.54, 1.807) is 0 Å². The summed E-state index contributed by atoms with van der Waals surface area (Å²) < 4.78 is 5.87. The number of rotatable bonds is 11. The molecule has 0 aliphatic heterocycles. The highest BCUT2D eigenvalue weighted by Gasteiger charge is 2.21. The number of hydrogen-bond donors (Lipinski definition) is 2. The maximum absolute atomic E-state index is 9.52. The van der Waals surface area contributed by atoms with Gasteiger partial charge in [-0.2, -0.15) is 0 Å². The summed E-state index contributed by atoms with van der Waals surface area (Å²) in [5, 5.41) is 13.0. The lowest BCUT2D eigenvalue weighted by Gasteiger charge is -2.28. The van der Waals surface area contributed by atoms with Crippen LogP contribution >= 0.6 is 0 Å². The van der Waals surface area contributed by atoms with Gasteiger partial charge in [0.2, 0.25) is 0 Å². The van der Waals surface area contributed by atoms with E-state index in [-0.39, 0.29) is 12.1 Å². The van der Waals surface area contributed by atoms with Gasteiger partial charge in [-0.1, -0.05) is 32.0 Å². The molecule has 0 amide bonds. The average Bonchev–Trinajstić information content (AvgIpc) is 2.53. The van der Waals surface area contributed by atoms with E-state index in [2.05, 4.69) is 38.2 Å². The van der Waals surface area contributed by atoms with Crippen LogP contribution < -0.4 is 10.1 Å². The lowest BCUT2D eigenvalue weighted by molar-refractivity contribution is 0.160. The van der Waals surface area contributed by atoms with Crippen LogP contribution in [0.3, 0.4) is 0 Å². The summed E-state index contributed by atoms with van der Waals surface area (Å²) in [6, 6.07) is 8.23. The number of aryl methyl sites for hydroxylation is 1. The Morgan fingerprint density at radius 1 is 1.19 bits per heavy atom. The first kappa shape index (κ1) is 18.0. The van der Waals surface area contributed by atoms with E-state index in [1.807, 2.05) is 12.1 Å². The number of aliphatic hydroxyl groups excluding tert-OH is 1. The molecule has 0 saturated heterocycles. The van der Waals surface area contributed by atoms with Crippen molar-refractivity contribution in [1.29, 1.82) is 0 Å². The van der Waals surface area contributed by atoms with Crippen LogP contribution in [0.2, 0.25) is 0 Å². The zero-order valence-electron chi connectivity index (χ0n) is 13.8. The molecule has 1 rings (SSSR count). The molecule has 3 heteroatoms. The highest BCUT2D eigenvalue weighted by Crippen LogP contribution is 2.19. The first-order valence-electron chi connectivity index (χ1n) is 8.21. The van der Waals surface area contributed by atoms with Crippen molar-refractivity contribution in [2.75, 3.05) is 19.8 Å². The molecule has 3 nitrogen and oxygen atoms in total. The largest absolute Gasteiger partial charge is 0.493 e. The van der Waals surface area contributed by atoms with Crippen LogP contribution in [0.5, 0.6) is 5.75 Å². The molecule has 1 aromatic carbocycles. The van der Waals surface area contributed by atoms with Crippen molar-refractivity contribution in [3.8, 4) is 5.75 Å². The van der Waals surface area contributed by atoms with Crippen molar-refractivity contribution in [3.05, 3.63) is 29.8 Å². The van der Waals surface area contributed by atoms with Crippen molar-refractivity contribution in [3.63, 3.8) is 0 Å². The normalized spacial score (nSPS) is 13.9. The lowest BCUT2D eigenvalue weighted by atomic mass is 9.95. The summed E-state index contributed by atoms with van der Waals surface area (Å²) >= 11 is 0. The van der Waals surface area contributed by atoms with Gasteiger partial charge in [0.15, 0.2) is 0 Å². The second kappa shape index (κ2) is 9.80. The maximum atomic E-state index is 9.52. The number of unbranched alkanes of at least 4 members (excludes halogenated alkanes) is 1. The molecule has 0 spiro atoms. The van der Waals surface area contributed by atoms with Gasteiger partial charge in [-0.3, -0.25) is 0 Å². The summed E-state index contributed by atoms with van der Waals surface area (Å²) in [7, 11) is 0. The Morgan fingerprint density at radius 2 is 1.95 bits per heavy atom. The van der Waals surface area contributed by atoms with E-state index < -0.39 is 0 Å². The minimum absolute atomic E-state index is 0.155. The third-order valence-corrected chi connectivity index (χ3v) is 3.88. The fourth-order valence-electron chi connectivity index (χ4n) is 2.39. The van der Waals surface area contributed by atoms with E-state index in [0.717, 1.165) is 51.0 Å². The number of para-hydroxylation sites is 1. The fourth-order valence-corrected chi connectivity index (χ4v) is 2.39. The Labute approximate surface area is 129 Å². The molecule has 1 unspecified atom stereocenters. The number of benzene rings is 1. The van der Waals surface area contributed by atoms with E-state index >= 15 is 0 Å². The third-order valence-electron chi connectivity index (χ3n) is 3.88. The lowest BCUT2D eigenvalue weighted by Crippen LogP contribution is -2.46. The van der Waals surface area contributed by atoms with Crippen LogP contribution in [-0.2, 0) is 6.42 Å². The molecule has 0 aromatic heterocycles. The van der Waals surface area contributed by atoms with Crippen molar-refractivity contribution < 1.29 is 9.84 Å². The topological polar surface area (TPSA) is 41.5 Å². The predicted octanol–water partition coefficient (Wildman–Crippen LogP) is 3.55. The zero-order chi connectivity index (χ0) is 15.6. The molecular weight excluding hydrogens is 262 g/mol. The molecule has 0 bridgehead atoms. The summed E-state index contributed by atoms with van der Waals surface area (Å²) in [6.07, 6.45) is 5.14. The molecule has 0 aliphatic carbocycles. The highest BCUT2D eigenvalue weighted by atomic mass is 16.5. The van der Waals surface area contributed by atoms with Gasteiger partial charge < -0.3 is 15.2 Å². The summed E-state index contributed by atoms with van der Waals surface area (Å²) in [4.78, 5) is 0. The van der Waals surface area contributed by atoms with Crippen molar-refractivity contribution in [2.24, 2.45) is 0 Å². The summed E-state index contributed by atoms with van der Waals surface area (Å²) in [5.41, 5.74) is 1.11. The van der Waals surface area contributed by atoms with Crippen LogP contribution in [0.15, 0.2) is 24.3 Å². The Bertz CT molecular complexity index is 395. The molecule has 2 N–H and O–H groups in total. The molecule has 1 atom stereocenters. The second-order valence-electron chi connectivity index (χ2n) is 5.91. The van der Waals surface area contributed by atoms with Crippen LogP contribution in [0.4, 0.5) is 0 Å². The smallest absolute Gasteiger partial charge is 0.122 e. The number of aliphatic hydroxyl groups is 1. The van der Waals surface area contributed by atoms with Gasteiger partial charge in [0.1, 0.15) is 5.75 Å². The quantitative estimate of drug-likeness (QED) is 0.613. The Kier molecular flexibility index (Phi) is 8.40. The SMILES string of the molecule is CCCNC(C)(CO)CCCCOc1ccccc1CC. The average molecular weight is 293 g/mol. The summed E-state index contributed by atoms with van der Waals surface area (Å²) in [5.74, 6) is 1.01. The molecule has 0 aliphatic rings. The van der Waals surface area contributed by atoms with Crippen LogP contribution in [-0.4, -0.2) is 30.4 Å². The van der Waals surface area contributed by atoms with Gasteiger partial charge in [0, 0.05) is 5.54 Å². The van der Waals surface area contributed by atoms with E-state index in [0.29, 0.717) is 0 Å². The fraction of sp³-hybridized carbons (Fsp3) is 0.667. The zero-order valence-corrected chi connectivity index (χ0v) is 13.8. The van der Waals surface area contributed by atoms with Crippen LogP contribution in [0.1, 0.15) is 52.0 Å². The number of nitrogens with one attached hydrogen (secondary N) is 1. The molecule has 21 heavy (non-hydrogen) atoms. The molecule has 1 aromatic rings. The van der Waals surface area contributed by atoms with Crippen molar-refractivity contribution in [1.82, 2.24) is 5.32 Å². The minimum atomic E-state index is -0.155. The van der Waals surface area contributed by atoms with Crippen LogP contribution in [0, 0.1) is 0 Å². The highest BCUT2D eigenvalue weighted by molar-refractivity contribution is 5.33. The molecule has 0 heterocycles. The second-order valence-corrected chi connectivity index (χ2v) is 5.91. The predicted molar refractivity (Wildman–Crippen MR) is 89.0 cm³/mol. The van der Waals surface area contributed by atoms with Crippen molar-refractivity contribution >= 4 is 0 Å². The van der Waals surface area contributed by atoms with Gasteiger partial charge in [0.25, 0.3) is 0 Å². The van der Waals surface area contributed by atoms with Gasteiger partial charge >= 0.3 is 0 Å². The van der Waals surface area contributed by atoms with Gasteiger partial charge in [-0.25, -0.2) is 0 Å². The maximum Gasteiger partial charge on any atom is 0.122 e. The monoisotopic (exact) mass is 293 g/mol. The Morgan fingerprint density at radius 3 is 2.62 bits per heavy atom. The number of hydrogen-bond acceptors (Lipinski definition) is 3. The number of ether oxygens (including phenoxy) is 1. The molecule has 0 fully saturated rings. The van der Waals surface area contributed by atoms with Gasteiger partial charge in [-0.05, 0) is 57.2 Å². The first-order valence-corrected chi connectivity index (χ1v) is 8.21. The van der Waals surface area contributed by atoms with Gasteiger partial charge in [-0.15, -0.1) is 0 Å². The Balaban J connectivity index is 2.27. The van der Waals surface area contributed by atoms with Crippen molar-refractivity contribution in [2.45, 2.75) is 58.4 Å². The van der Waals surface area contributed by atoms with E-state index in [1.165, 1.54) is 5.56 Å². The molecule has 120 valence electrons. The van der Waals surface area contributed by atoms with Crippen LogP contribution in [0.25, 0.3) is 0 Å². The molecular formula is C18H31NO2. The molecule has 0 saturated carbocycles. The van der Waals surface area contributed by atoms with E-state index in [9.17, 15) is 5.11 Å². The minimum Gasteiger partial charge on any atom is -0.493 e. The summed E-state index contributed by atoms with van der Waals surface area (Å²) in [6.45, 7) is 8.27. The first-order chi connectivity index (χ1) is 10.1. The van der Waals surface area contributed by atoms with Gasteiger partial charge in [0.05, 0.1) is 13.2 Å². The standard InChI is InChI=1S/C18H31NO2/c1-4-13-19-18(3,15-20)12-8-9-14-21-17-11-7-6-10-16(17)5-2/h6-7,10-11,19-20H,4-5,8-9,12-15H2,1-3H3. The Hall–Kier alpha value is -1.06. The van der Waals surface area contributed by atoms with E-state index in [4.69, 9.17) is 4.74 Å². The third kappa shape index (κ3) is 6.49.